The molecule has 4 heteroatoms. The number of ether oxygens (including phenoxy) is 1. The van der Waals surface area contributed by atoms with Gasteiger partial charge in [0.15, 0.2) is 0 Å². The van der Waals surface area contributed by atoms with Crippen LogP contribution in [0.5, 0.6) is 5.75 Å². The predicted molar refractivity (Wildman–Crippen MR) is 138 cm³/mol. The van der Waals surface area contributed by atoms with Gasteiger partial charge in [-0.2, -0.15) is 0 Å². The smallest absolute Gasteiger partial charge is 0.225 e. The van der Waals surface area contributed by atoms with Crippen LogP contribution in [0, 0.1) is 11.8 Å². The second kappa shape index (κ2) is 10.6. The average molecular weight is 457 g/mol. The summed E-state index contributed by atoms with van der Waals surface area (Å²) in [5.74, 6) is 2.03. The number of benzene rings is 3. The molecule has 2 aliphatic rings. The molecular weight excluding hydrogens is 420 g/mol. The van der Waals surface area contributed by atoms with Crippen molar-refractivity contribution in [3.05, 3.63) is 77.9 Å². The fraction of sp³-hybridized carbons (Fsp3) is 0.433. The first kappa shape index (κ1) is 22.9. The van der Waals surface area contributed by atoms with Gasteiger partial charge in [-0.15, -0.1) is 0 Å². The van der Waals surface area contributed by atoms with E-state index in [1.54, 1.807) is 0 Å². The lowest BCUT2D eigenvalue weighted by Gasteiger charge is -2.37. The van der Waals surface area contributed by atoms with Gasteiger partial charge in [0, 0.05) is 38.0 Å². The van der Waals surface area contributed by atoms with Crippen LogP contribution in [-0.4, -0.2) is 42.5 Å². The fourth-order valence-corrected chi connectivity index (χ4v) is 5.31. The Hall–Kier alpha value is -2.85. The highest BCUT2D eigenvalue weighted by Gasteiger charge is 2.32. The van der Waals surface area contributed by atoms with E-state index in [2.05, 4.69) is 83.6 Å². The minimum atomic E-state index is 0.297. The lowest BCUT2D eigenvalue weighted by atomic mass is 9.83. The molecule has 1 unspecified atom stereocenters. The van der Waals surface area contributed by atoms with Crippen LogP contribution in [0.25, 0.3) is 10.8 Å². The molecule has 1 saturated carbocycles. The highest BCUT2D eigenvalue weighted by atomic mass is 16.5. The molecule has 3 aromatic carbocycles. The van der Waals surface area contributed by atoms with Crippen molar-refractivity contribution in [2.24, 2.45) is 11.8 Å². The Morgan fingerprint density at radius 2 is 1.74 bits per heavy atom. The minimum absolute atomic E-state index is 0.297. The Kier molecular flexibility index (Phi) is 7.15. The number of amides is 1. The fourth-order valence-electron chi connectivity index (χ4n) is 5.31. The summed E-state index contributed by atoms with van der Waals surface area (Å²) in [5.41, 5.74) is 2.64. The Bertz CT molecular complexity index is 1100. The van der Waals surface area contributed by atoms with Gasteiger partial charge in [0.25, 0.3) is 0 Å². The lowest BCUT2D eigenvalue weighted by molar-refractivity contribution is -0.140. The highest BCUT2D eigenvalue weighted by Crippen LogP contribution is 2.30. The molecule has 0 spiro atoms. The second-order valence-corrected chi connectivity index (χ2v) is 10.2. The molecule has 4 nitrogen and oxygen atoms in total. The number of carbonyl (C=O) groups excluding carboxylic acids is 1. The van der Waals surface area contributed by atoms with E-state index in [0.717, 1.165) is 57.6 Å². The van der Waals surface area contributed by atoms with Gasteiger partial charge in [0.1, 0.15) is 5.75 Å². The van der Waals surface area contributed by atoms with Crippen molar-refractivity contribution in [3.63, 3.8) is 0 Å². The van der Waals surface area contributed by atoms with Crippen molar-refractivity contribution in [3.8, 4) is 5.75 Å². The van der Waals surface area contributed by atoms with Crippen LogP contribution in [0.4, 0.5) is 0 Å². The largest absolute Gasteiger partial charge is 0.493 e. The topological polar surface area (TPSA) is 32.8 Å². The van der Waals surface area contributed by atoms with Gasteiger partial charge >= 0.3 is 0 Å². The molecule has 5 rings (SSSR count). The van der Waals surface area contributed by atoms with E-state index in [4.69, 9.17) is 4.74 Å². The molecule has 3 aromatic rings. The molecule has 1 saturated heterocycles. The van der Waals surface area contributed by atoms with Gasteiger partial charge in [0.05, 0.1) is 6.61 Å². The molecule has 2 fully saturated rings. The van der Waals surface area contributed by atoms with Crippen LogP contribution < -0.4 is 4.74 Å². The summed E-state index contributed by atoms with van der Waals surface area (Å²) in [5, 5.41) is 2.62. The normalized spacial score (nSPS) is 18.8. The van der Waals surface area contributed by atoms with E-state index in [9.17, 15) is 4.79 Å². The van der Waals surface area contributed by atoms with E-state index < -0.39 is 0 Å². The second-order valence-electron chi connectivity index (χ2n) is 10.2. The lowest BCUT2D eigenvalue weighted by Crippen LogP contribution is -2.45. The first-order valence-corrected chi connectivity index (χ1v) is 12.8. The maximum absolute atomic E-state index is 12.6. The molecule has 1 aliphatic carbocycles. The van der Waals surface area contributed by atoms with Crippen LogP contribution in [0.1, 0.15) is 43.2 Å². The van der Waals surface area contributed by atoms with Gasteiger partial charge in [-0.05, 0) is 66.8 Å². The van der Waals surface area contributed by atoms with Crippen molar-refractivity contribution in [2.75, 3.05) is 26.7 Å². The quantitative estimate of drug-likeness (QED) is 0.424. The van der Waals surface area contributed by atoms with Gasteiger partial charge in [-0.3, -0.25) is 9.69 Å². The number of hydrogen-bond acceptors (Lipinski definition) is 3. The maximum atomic E-state index is 12.6. The summed E-state index contributed by atoms with van der Waals surface area (Å²) < 4.78 is 6.13. The Balaban J connectivity index is 1.11. The van der Waals surface area contributed by atoms with Crippen molar-refractivity contribution in [1.29, 1.82) is 0 Å². The molecular formula is C30H36N2O2. The SMILES string of the molecule is CN(Cc1ccc(OCC2CCCN(C(=O)C3CCC3)C2)cc1)Cc1cccc2ccccc12. The predicted octanol–water partition coefficient (Wildman–Crippen LogP) is 5.89. The Morgan fingerprint density at radius 1 is 0.941 bits per heavy atom. The summed E-state index contributed by atoms with van der Waals surface area (Å²) in [6, 6.07) is 23.6. The molecule has 1 heterocycles. The first-order valence-electron chi connectivity index (χ1n) is 12.8. The molecule has 34 heavy (non-hydrogen) atoms. The third kappa shape index (κ3) is 5.44. The number of likely N-dealkylation sites (tertiary alicyclic amines) is 1. The molecule has 1 amide bonds. The van der Waals surface area contributed by atoms with E-state index >= 15 is 0 Å². The van der Waals surface area contributed by atoms with Crippen LogP contribution in [0.3, 0.4) is 0 Å². The Labute approximate surface area is 203 Å². The number of nitrogens with zero attached hydrogens (tertiary/aromatic N) is 2. The maximum Gasteiger partial charge on any atom is 0.225 e. The zero-order valence-corrected chi connectivity index (χ0v) is 20.3. The van der Waals surface area contributed by atoms with Crippen molar-refractivity contribution in [1.82, 2.24) is 9.80 Å². The highest BCUT2D eigenvalue weighted by molar-refractivity contribution is 5.85. The molecule has 1 aliphatic heterocycles. The molecule has 178 valence electrons. The van der Waals surface area contributed by atoms with Crippen LogP contribution in [0.2, 0.25) is 0 Å². The van der Waals surface area contributed by atoms with Gasteiger partial charge < -0.3 is 9.64 Å². The number of carbonyl (C=O) groups is 1. The van der Waals surface area contributed by atoms with Gasteiger partial charge in [-0.25, -0.2) is 0 Å². The van der Waals surface area contributed by atoms with Crippen molar-refractivity contribution >= 4 is 16.7 Å². The van der Waals surface area contributed by atoms with E-state index in [1.165, 1.54) is 28.3 Å². The summed E-state index contributed by atoms with van der Waals surface area (Å²) in [6.07, 6.45) is 5.62. The van der Waals surface area contributed by atoms with Crippen LogP contribution in [0.15, 0.2) is 66.7 Å². The molecule has 0 radical (unpaired) electrons. The van der Waals surface area contributed by atoms with E-state index in [1.807, 2.05) is 0 Å². The summed E-state index contributed by atoms with van der Waals surface area (Å²) >= 11 is 0. The minimum Gasteiger partial charge on any atom is -0.493 e. The van der Waals surface area contributed by atoms with E-state index in [-0.39, 0.29) is 0 Å². The van der Waals surface area contributed by atoms with Gasteiger partial charge in [-0.1, -0.05) is 61.0 Å². The standard InChI is InChI=1S/C30H36N2O2/c1-31(21-27-12-4-9-25-8-2-3-13-29(25)27)19-23-14-16-28(17-15-23)34-22-24-7-6-18-32(20-24)30(33)26-10-5-11-26/h2-4,8-9,12-17,24,26H,5-7,10-11,18-22H2,1H3. The summed E-state index contributed by atoms with van der Waals surface area (Å²) in [7, 11) is 2.17. The third-order valence-corrected chi connectivity index (χ3v) is 7.47. The average Bonchev–Trinajstić information content (AvgIpc) is 2.83. The zero-order valence-electron chi connectivity index (χ0n) is 20.3. The van der Waals surface area contributed by atoms with Crippen molar-refractivity contribution < 1.29 is 9.53 Å². The zero-order chi connectivity index (χ0) is 23.3. The molecule has 0 N–H and O–H groups in total. The number of fused-ring (bicyclic) bond motifs is 1. The number of piperidine rings is 1. The van der Waals surface area contributed by atoms with Gasteiger partial charge in [0.2, 0.25) is 5.91 Å². The number of hydrogen-bond donors (Lipinski definition) is 0. The first-order chi connectivity index (χ1) is 16.7. The Morgan fingerprint density at radius 3 is 2.53 bits per heavy atom. The summed E-state index contributed by atoms with van der Waals surface area (Å²) in [4.78, 5) is 17.0. The van der Waals surface area contributed by atoms with E-state index in [0.29, 0.717) is 24.3 Å². The molecule has 1 atom stereocenters. The van der Waals surface area contributed by atoms with Crippen molar-refractivity contribution in [2.45, 2.75) is 45.2 Å². The molecule has 0 aromatic heterocycles. The number of rotatable bonds is 8. The monoisotopic (exact) mass is 456 g/mol. The van der Waals surface area contributed by atoms with Crippen LogP contribution in [-0.2, 0) is 17.9 Å². The molecule has 0 bridgehead atoms. The third-order valence-electron chi connectivity index (χ3n) is 7.47. The van der Waals surface area contributed by atoms with Crippen LogP contribution >= 0.6 is 0 Å². The summed E-state index contributed by atoms with van der Waals surface area (Å²) in [6.45, 7) is 4.27.